The average molecular weight is 449 g/mol. The Balaban J connectivity index is 1.37. The molecule has 166 valence electrons. The molecule has 6 nitrogen and oxygen atoms in total. The summed E-state index contributed by atoms with van der Waals surface area (Å²) in [6, 6.07) is 18.4. The second-order valence-corrected chi connectivity index (χ2v) is 8.95. The number of nitrogens with zero attached hydrogens (tertiary/aromatic N) is 2. The first-order valence-corrected chi connectivity index (χ1v) is 11.9. The second kappa shape index (κ2) is 10.1. The molecule has 0 fully saturated rings. The molecular weight excluding hydrogens is 420 g/mol. The van der Waals surface area contributed by atoms with Gasteiger partial charge in [0.25, 0.3) is 5.56 Å². The molecule has 1 atom stereocenters. The van der Waals surface area contributed by atoms with Crippen LogP contribution in [0.15, 0.2) is 64.5 Å². The Kier molecular flexibility index (Phi) is 7.07. The molecule has 0 radical (unpaired) electrons. The molecule has 1 amide bonds. The van der Waals surface area contributed by atoms with Crippen molar-refractivity contribution in [2.24, 2.45) is 0 Å². The number of thioether (sulfide) groups is 1. The van der Waals surface area contributed by atoms with Crippen molar-refractivity contribution in [1.82, 2.24) is 14.9 Å². The quantitative estimate of drug-likeness (QED) is 0.419. The number of H-pyrrole nitrogens is 1. The summed E-state index contributed by atoms with van der Waals surface area (Å²) in [6.45, 7) is 5.68. The second-order valence-electron chi connectivity index (χ2n) is 7.99. The van der Waals surface area contributed by atoms with Crippen LogP contribution < -0.4 is 10.9 Å². The molecule has 0 saturated carbocycles. The van der Waals surface area contributed by atoms with Gasteiger partial charge in [-0.15, -0.1) is 0 Å². The van der Waals surface area contributed by atoms with Gasteiger partial charge in [-0.3, -0.25) is 14.5 Å². The van der Waals surface area contributed by atoms with Crippen molar-refractivity contribution in [3.05, 3.63) is 87.3 Å². The summed E-state index contributed by atoms with van der Waals surface area (Å²) in [4.78, 5) is 34.9. The van der Waals surface area contributed by atoms with Crippen LogP contribution >= 0.6 is 11.8 Å². The molecule has 1 aliphatic rings. The van der Waals surface area contributed by atoms with Gasteiger partial charge in [0.15, 0.2) is 5.16 Å². The number of carbonyl (C=O) groups excluding carboxylic acids is 1. The third-order valence-corrected chi connectivity index (χ3v) is 6.77. The topological polar surface area (TPSA) is 78.1 Å². The number of anilines is 1. The van der Waals surface area contributed by atoms with Gasteiger partial charge in [0, 0.05) is 31.2 Å². The molecule has 1 aliphatic heterocycles. The van der Waals surface area contributed by atoms with Crippen molar-refractivity contribution in [3.8, 4) is 0 Å². The largest absolute Gasteiger partial charge is 0.325 e. The van der Waals surface area contributed by atoms with Crippen molar-refractivity contribution in [2.45, 2.75) is 44.4 Å². The molecule has 3 aromatic rings. The summed E-state index contributed by atoms with van der Waals surface area (Å²) < 4.78 is 0. The van der Waals surface area contributed by atoms with Gasteiger partial charge in [-0.05, 0) is 36.6 Å². The fraction of sp³-hybridized carbons (Fsp3) is 0.320. The molecule has 2 aromatic carbocycles. The minimum absolute atomic E-state index is 0.113. The molecule has 32 heavy (non-hydrogen) atoms. The van der Waals surface area contributed by atoms with E-state index in [1.54, 1.807) is 0 Å². The van der Waals surface area contributed by atoms with Gasteiger partial charge in [0.05, 0.1) is 17.0 Å². The van der Waals surface area contributed by atoms with Crippen molar-refractivity contribution >= 4 is 23.4 Å². The van der Waals surface area contributed by atoms with Crippen LogP contribution in [-0.2, 0) is 24.2 Å². The highest BCUT2D eigenvalue weighted by Gasteiger charge is 2.25. The van der Waals surface area contributed by atoms with E-state index >= 15 is 0 Å². The minimum Gasteiger partial charge on any atom is -0.325 e. The lowest BCUT2D eigenvalue weighted by Crippen LogP contribution is -2.37. The number of hydrogen-bond donors (Lipinski definition) is 2. The normalized spacial score (nSPS) is 14.6. The van der Waals surface area contributed by atoms with Gasteiger partial charge in [-0.1, -0.05) is 61.2 Å². The Hall–Kier alpha value is -2.90. The van der Waals surface area contributed by atoms with Crippen LogP contribution in [-0.4, -0.2) is 33.1 Å². The van der Waals surface area contributed by atoms with E-state index in [1.165, 1.54) is 22.9 Å². The lowest BCUT2D eigenvalue weighted by Gasteiger charge is -2.33. The molecule has 7 heteroatoms. The summed E-state index contributed by atoms with van der Waals surface area (Å²) in [5.41, 5.74) is 4.69. The highest BCUT2D eigenvalue weighted by molar-refractivity contribution is 7.99. The number of nitrogens with one attached hydrogen (secondary N) is 2. The van der Waals surface area contributed by atoms with Gasteiger partial charge in [-0.2, -0.15) is 0 Å². The highest BCUT2D eigenvalue weighted by atomic mass is 32.2. The molecule has 4 rings (SSSR count). The zero-order valence-corrected chi connectivity index (χ0v) is 19.2. The Labute approximate surface area is 192 Å². The third-order valence-electron chi connectivity index (χ3n) is 5.89. The summed E-state index contributed by atoms with van der Waals surface area (Å²) in [5, 5.41) is 3.38. The minimum atomic E-state index is -0.123. The summed E-state index contributed by atoms with van der Waals surface area (Å²) in [6.07, 6.45) is 1.68. The third kappa shape index (κ3) is 5.29. The maximum atomic E-state index is 12.7. The number of benzene rings is 2. The smallest absolute Gasteiger partial charge is 0.256 e. The fourth-order valence-corrected chi connectivity index (χ4v) is 4.60. The summed E-state index contributed by atoms with van der Waals surface area (Å²) >= 11 is 1.25. The van der Waals surface area contributed by atoms with Gasteiger partial charge in [0.2, 0.25) is 5.91 Å². The summed E-state index contributed by atoms with van der Waals surface area (Å²) in [7, 11) is 0. The van der Waals surface area contributed by atoms with Crippen molar-refractivity contribution in [1.29, 1.82) is 0 Å². The lowest BCUT2D eigenvalue weighted by atomic mass is 10.0. The number of aromatic nitrogens is 2. The molecule has 0 bridgehead atoms. The maximum absolute atomic E-state index is 12.7. The Morgan fingerprint density at radius 3 is 2.66 bits per heavy atom. The predicted octanol–water partition coefficient (Wildman–Crippen LogP) is 4.18. The molecular formula is C25H28N4O2S. The van der Waals surface area contributed by atoms with Crippen LogP contribution in [0.25, 0.3) is 0 Å². The fourth-order valence-electron chi connectivity index (χ4n) is 3.92. The van der Waals surface area contributed by atoms with Crippen LogP contribution in [0.4, 0.5) is 5.69 Å². The van der Waals surface area contributed by atoms with Crippen LogP contribution in [0, 0.1) is 0 Å². The van der Waals surface area contributed by atoms with E-state index < -0.39 is 0 Å². The molecule has 2 heterocycles. The first kappa shape index (κ1) is 22.3. The Bertz CT molecular complexity index is 1130. The molecule has 1 unspecified atom stereocenters. The average Bonchev–Trinajstić information content (AvgIpc) is 2.83. The van der Waals surface area contributed by atoms with Crippen LogP contribution in [0.3, 0.4) is 0 Å². The van der Waals surface area contributed by atoms with Crippen molar-refractivity contribution < 1.29 is 4.79 Å². The number of aromatic amines is 1. The lowest BCUT2D eigenvalue weighted by molar-refractivity contribution is -0.113. The molecule has 0 aliphatic carbocycles. The van der Waals surface area contributed by atoms with Gasteiger partial charge in [0.1, 0.15) is 0 Å². The first-order valence-electron chi connectivity index (χ1n) is 11.0. The number of carbonyl (C=O) groups is 1. The van der Waals surface area contributed by atoms with E-state index in [4.69, 9.17) is 0 Å². The number of hydrogen-bond acceptors (Lipinski definition) is 5. The molecule has 1 aromatic heterocycles. The van der Waals surface area contributed by atoms with Gasteiger partial charge < -0.3 is 10.3 Å². The van der Waals surface area contributed by atoms with Gasteiger partial charge >= 0.3 is 0 Å². The van der Waals surface area contributed by atoms with E-state index in [9.17, 15) is 9.59 Å². The van der Waals surface area contributed by atoms with Crippen LogP contribution in [0.1, 0.15) is 42.3 Å². The van der Waals surface area contributed by atoms with Crippen LogP contribution in [0.2, 0.25) is 0 Å². The SMILES string of the molecule is CCc1ccc(NC(=O)CSc2nc3c(c(=O)[nH]2)CN(C(C)c2ccccc2)CC3)cc1. The van der Waals surface area contributed by atoms with E-state index in [0.29, 0.717) is 11.7 Å². The number of amides is 1. The Morgan fingerprint density at radius 1 is 1.19 bits per heavy atom. The molecule has 0 saturated heterocycles. The van der Waals surface area contributed by atoms with E-state index in [1.807, 2.05) is 42.5 Å². The highest BCUT2D eigenvalue weighted by Crippen LogP contribution is 2.26. The van der Waals surface area contributed by atoms with E-state index in [0.717, 1.165) is 36.3 Å². The van der Waals surface area contributed by atoms with Crippen molar-refractivity contribution in [3.63, 3.8) is 0 Å². The maximum Gasteiger partial charge on any atom is 0.256 e. The van der Waals surface area contributed by atoms with E-state index in [-0.39, 0.29) is 23.3 Å². The number of fused-ring (bicyclic) bond motifs is 1. The van der Waals surface area contributed by atoms with E-state index in [2.05, 4.69) is 46.2 Å². The Morgan fingerprint density at radius 2 is 1.94 bits per heavy atom. The van der Waals surface area contributed by atoms with Crippen LogP contribution in [0.5, 0.6) is 0 Å². The standard InChI is InChI=1S/C25H28N4O2S/c1-3-18-9-11-20(12-10-18)26-23(30)16-32-25-27-22-13-14-29(15-21(22)24(31)28-25)17(2)19-7-5-4-6-8-19/h4-12,17H,3,13-16H2,1-2H3,(H,26,30)(H,27,28,31). The molecule has 2 N–H and O–H groups in total. The molecule has 0 spiro atoms. The zero-order valence-electron chi connectivity index (χ0n) is 18.4. The predicted molar refractivity (Wildman–Crippen MR) is 129 cm³/mol. The van der Waals surface area contributed by atoms with Crippen molar-refractivity contribution in [2.75, 3.05) is 17.6 Å². The van der Waals surface area contributed by atoms with Gasteiger partial charge in [-0.25, -0.2) is 4.98 Å². The number of rotatable bonds is 7. The summed E-state index contributed by atoms with van der Waals surface area (Å²) in [5.74, 6) is 0.0662. The monoisotopic (exact) mass is 448 g/mol. The first-order chi connectivity index (χ1) is 15.5. The zero-order chi connectivity index (χ0) is 22.5. The number of aryl methyl sites for hydroxylation is 1.